The van der Waals surface area contributed by atoms with E-state index in [1.807, 2.05) is 0 Å². The van der Waals surface area contributed by atoms with Crippen molar-refractivity contribution in [2.75, 3.05) is 12.5 Å². The highest BCUT2D eigenvalue weighted by Gasteiger charge is 2.33. The van der Waals surface area contributed by atoms with E-state index in [1.165, 1.54) is 24.4 Å². The average molecular weight is 284 g/mol. The molecule has 0 fully saturated rings. The Hall–Kier alpha value is -1.89. The van der Waals surface area contributed by atoms with Crippen molar-refractivity contribution in [1.82, 2.24) is 14.9 Å². The number of benzene rings is 1. The van der Waals surface area contributed by atoms with Crippen LogP contribution in [0.15, 0.2) is 36.9 Å². The maximum absolute atomic E-state index is 11.6. The Morgan fingerprint density at radius 2 is 1.95 bits per heavy atom. The minimum Gasteiger partial charge on any atom is -0.496 e. The Morgan fingerprint density at radius 1 is 1.32 bits per heavy atom. The summed E-state index contributed by atoms with van der Waals surface area (Å²) in [5.74, 6) is -0.865. The van der Waals surface area contributed by atoms with E-state index in [0.717, 1.165) is 0 Å². The second kappa shape index (κ2) is 5.40. The van der Waals surface area contributed by atoms with Gasteiger partial charge in [-0.05, 0) is 6.07 Å². The molecule has 0 radical (unpaired) electrons. The first-order valence-electron chi connectivity index (χ1n) is 5.31. The van der Waals surface area contributed by atoms with E-state index in [1.54, 1.807) is 24.3 Å². The van der Waals surface area contributed by atoms with Gasteiger partial charge in [-0.3, -0.25) is 4.57 Å². The molecule has 2 aromatic rings. The molecule has 0 spiro atoms. The molecule has 8 nitrogen and oxygen atoms in total. The smallest absolute Gasteiger partial charge is 0.353 e. The van der Waals surface area contributed by atoms with Gasteiger partial charge in [0, 0.05) is 5.56 Å². The van der Waals surface area contributed by atoms with Gasteiger partial charge in [0.25, 0.3) is 0 Å². The molecule has 3 N–H and O–H groups in total. The fourth-order valence-corrected chi connectivity index (χ4v) is 2.49. The van der Waals surface area contributed by atoms with Crippen LogP contribution in [0.5, 0.6) is 5.75 Å². The number of para-hydroxylation sites is 1. The maximum Gasteiger partial charge on any atom is 0.353 e. The third kappa shape index (κ3) is 3.11. The molecule has 0 amide bonds. The van der Waals surface area contributed by atoms with Crippen molar-refractivity contribution in [1.29, 1.82) is 0 Å². The minimum atomic E-state index is -4.45. The molecule has 102 valence electrons. The van der Waals surface area contributed by atoms with Crippen LogP contribution in [0.2, 0.25) is 0 Å². The molecule has 19 heavy (non-hydrogen) atoms. The summed E-state index contributed by atoms with van der Waals surface area (Å²) in [6, 6.07) is 6.61. The van der Waals surface area contributed by atoms with Crippen molar-refractivity contribution >= 4 is 7.60 Å². The van der Waals surface area contributed by atoms with E-state index >= 15 is 0 Å². The molecule has 1 aromatic heterocycles. The minimum absolute atomic E-state index is 0.354. The van der Waals surface area contributed by atoms with Gasteiger partial charge in [0.15, 0.2) is 5.78 Å². The van der Waals surface area contributed by atoms with E-state index in [-0.39, 0.29) is 0 Å². The van der Waals surface area contributed by atoms with Crippen LogP contribution >= 0.6 is 7.60 Å². The lowest BCUT2D eigenvalue weighted by Gasteiger charge is -2.22. The molecule has 0 bridgehead atoms. The Labute approximate surface area is 109 Å². The molecule has 0 aliphatic heterocycles. The molecular weight excluding hydrogens is 271 g/mol. The zero-order valence-electron chi connectivity index (χ0n) is 10.0. The molecule has 0 saturated heterocycles. The van der Waals surface area contributed by atoms with Crippen LogP contribution in [-0.4, -0.2) is 31.8 Å². The Balaban J connectivity index is 2.40. The Morgan fingerprint density at radius 3 is 2.53 bits per heavy atom. The van der Waals surface area contributed by atoms with E-state index in [9.17, 15) is 14.4 Å². The third-order valence-corrected chi connectivity index (χ3v) is 3.53. The lowest BCUT2D eigenvalue weighted by molar-refractivity contribution is 0.355. The molecular formula is C10H13N4O4P. The van der Waals surface area contributed by atoms with Crippen LogP contribution in [0.25, 0.3) is 0 Å². The monoisotopic (exact) mass is 284 g/mol. The van der Waals surface area contributed by atoms with Gasteiger partial charge in [-0.1, -0.05) is 18.2 Å². The summed E-state index contributed by atoms with van der Waals surface area (Å²) in [4.78, 5) is 19.0. The Bertz CT molecular complexity index is 583. The number of rotatable bonds is 5. The summed E-state index contributed by atoms with van der Waals surface area (Å²) in [7, 11) is -3.01. The van der Waals surface area contributed by atoms with Crippen molar-refractivity contribution in [3.05, 3.63) is 42.5 Å². The predicted molar refractivity (Wildman–Crippen MR) is 67.2 cm³/mol. The summed E-state index contributed by atoms with van der Waals surface area (Å²) in [5, 5.41) is 7.12. The summed E-state index contributed by atoms with van der Waals surface area (Å²) < 4.78 is 18.0. The lowest BCUT2D eigenvalue weighted by Crippen LogP contribution is -2.20. The molecule has 1 unspecified atom stereocenters. The van der Waals surface area contributed by atoms with Gasteiger partial charge in [-0.25, -0.2) is 4.68 Å². The van der Waals surface area contributed by atoms with Gasteiger partial charge < -0.3 is 19.9 Å². The number of nitrogens with one attached hydrogen (secondary N) is 1. The molecule has 1 atom stereocenters. The van der Waals surface area contributed by atoms with Crippen LogP contribution in [0.4, 0.5) is 0 Å². The first kappa shape index (κ1) is 13.5. The second-order valence-corrected chi connectivity index (χ2v) is 5.43. The van der Waals surface area contributed by atoms with Gasteiger partial charge in [0.1, 0.15) is 18.4 Å². The summed E-state index contributed by atoms with van der Waals surface area (Å²) in [5.41, 5.74) is 2.99. The van der Waals surface area contributed by atoms with Gasteiger partial charge in [-0.15, -0.1) is 10.2 Å². The molecule has 1 heterocycles. The largest absolute Gasteiger partial charge is 0.496 e. The molecule has 0 aliphatic rings. The number of nitrogens with zero attached hydrogens (tertiary/aromatic N) is 3. The predicted octanol–water partition coefficient (Wildman–Crippen LogP) is 0.707. The first-order valence-corrected chi connectivity index (χ1v) is 7.00. The highest BCUT2D eigenvalue weighted by Crippen LogP contribution is 2.52. The average Bonchev–Trinajstić information content (AvgIpc) is 2.87. The molecule has 0 saturated carbocycles. The quantitative estimate of drug-likeness (QED) is 0.693. The van der Waals surface area contributed by atoms with Crippen molar-refractivity contribution in [3.63, 3.8) is 0 Å². The highest BCUT2D eigenvalue weighted by molar-refractivity contribution is 7.52. The van der Waals surface area contributed by atoms with Gasteiger partial charge in [-0.2, -0.15) is 0 Å². The summed E-state index contributed by atoms with van der Waals surface area (Å²) in [6.07, 6.45) is 2.61. The van der Waals surface area contributed by atoms with E-state index in [0.29, 0.717) is 11.3 Å². The van der Waals surface area contributed by atoms with Crippen LogP contribution < -0.4 is 10.2 Å². The zero-order chi connectivity index (χ0) is 13.9. The fraction of sp³-hybridized carbons (Fsp3) is 0.200. The van der Waals surface area contributed by atoms with Crippen molar-refractivity contribution in [3.8, 4) is 5.75 Å². The summed E-state index contributed by atoms with van der Waals surface area (Å²) in [6.45, 7) is 0. The summed E-state index contributed by atoms with van der Waals surface area (Å²) >= 11 is 0. The number of methoxy groups -OCH3 is 1. The Kier molecular flexibility index (Phi) is 3.84. The van der Waals surface area contributed by atoms with Crippen molar-refractivity contribution < 1.29 is 19.1 Å². The van der Waals surface area contributed by atoms with Crippen molar-refractivity contribution in [2.24, 2.45) is 0 Å². The number of ether oxygens (including phenoxy) is 1. The van der Waals surface area contributed by atoms with Gasteiger partial charge in [0.05, 0.1) is 7.11 Å². The number of hydrogen-bond acceptors (Lipinski definition) is 5. The van der Waals surface area contributed by atoms with E-state index in [4.69, 9.17) is 4.74 Å². The molecule has 0 aliphatic carbocycles. The zero-order valence-corrected chi connectivity index (χ0v) is 10.9. The maximum atomic E-state index is 11.6. The van der Waals surface area contributed by atoms with E-state index < -0.39 is 13.4 Å². The normalized spacial score (nSPS) is 13.0. The number of aromatic nitrogens is 3. The fourth-order valence-electron chi connectivity index (χ4n) is 1.63. The van der Waals surface area contributed by atoms with Crippen LogP contribution in [0.1, 0.15) is 11.3 Å². The van der Waals surface area contributed by atoms with Crippen LogP contribution in [-0.2, 0) is 4.57 Å². The standard InChI is InChI=1S/C10H13N4O4P/c1-18-9-5-3-2-4-8(9)10(19(15,16)17)13-14-6-11-12-7-14/h2-7,10,13H,1H3,(H2,15,16,17). The van der Waals surface area contributed by atoms with Gasteiger partial charge >= 0.3 is 7.60 Å². The lowest BCUT2D eigenvalue weighted by atomic mass is 10.2. The third-order valence-electron chi connectivity index (χ3n) is 2.46. The number of hydrogen-bond donors (Lipinski definition) is 3. The molecule has 1 aromatic carbocycles. The highest BCUT2D eigenvalue weighted by atomic mass is 31.2. The first-order chi connectivity index (χ1) is 9.02. The second-order valence-electron chi connectivity index (χ2n) is 3.73. The van der Waals surface area contributed by atoms with Gasteiger partial charge in [0.2, 0.25) is 0 Å². The molecule has 9 heteroatoms. The topological polar surface area (TPSA) is 110 Å². The molecule has 2 rings (SSSR count). The SMILES string of the molecule is COc1ccccc1C(Nn1cnnc1)P(=O)(O)O. The van der Waals surface area contributed by atoms with Crippen molar-refractivity contribution in [2.45, 2.75) is 5.78 Å². The van der Waals surface area contributed by atoms with Crippen LogP contribution in [0.3, 0.4) is 0 Å². The van der Waals surface area contributed by atoms with Crippen LogP contribution in [0, 0.1) is 0 Å². The van der Waals surface area contributed by atoms with E-state index in [2.05, 4.69) is 15.6 Å².